The zero-order chi connectivity index (χ0) is 15.1. The molecule has 0 bridgehead atoms. The third-order valence-corrected chi connectivity index (χ3v) is 3.72. The summed E-state index contributed by atoms with van der Waals surface area (Å²) in [6, 6.07) is 16.1. The van der Waals surface area contributed by atoms with Crippen molar-refractivity contribution < 1.29 is 4.74 Å². The molecule has 0 aliphatic heterocycles. The molecule has 21 heavy (non-hydrogen) atoms. The second kappa shape index (κ2) is 8.06. The van der Waals surface area contributed by atoms with E-state index in [0.717, 1.165) is 29.3 Å². The van der Waals surface area contributed by atoms with E-state index < -0.39 is 0 Å². The first kappa shape index (κ1) is 15.9. The lowest BCUT2D eigenvalue weighted by atomic mass is 10.1. The third-order valence-electron chi connectivity index (χ3n) is 3.35. The second-order valence-corrected chi connectivity index (χ2v) is 5.84. The lowest BCUT2D eigenvalue weighted by molar-refractivity contribution is 0.306. The van der Waals surface area contributed by atoms with E-state index in [1.165, 1.54) is 12.0 Å². The Morgan fingerprint density at radius 2 is 1.71 bits per heavy atom. The van der Waals surface area contributed by atoms with Gasteiger partial charge in [0.2, 0.25) is 0 Å². The fourth-order valence-electron chi connectivity index (χ4n) is 2.13. The van der Waals surface area contributed by atoms with Crippen LogP contribution in [0.15, 0.2) is 48.5 Å². The van der Waals surface area contributed by atoms with E-state index in [1.54, 1.807) is 0 Å². The van der Waals surface area contributed by atoms with Crippen LogP contribution < -0.4 is 4.74 Å². The van der Waals surface area contributed by atoms with Gasteiger partial charge in [-0.1, -0.05) is 41.9 Å². The molecule has 0 atom stereocenters. The number of rotatable bonds is 7. The molecule has 0 aliphatic carbocycles. The Bertz CT molecular complexity index is 551. The van der Waals surface area contributed by atoms with Crippen LogP contribution in [0.4, 0.5) is 0 Å². The molecule has 3 heteroatoms. The van der Waals surface area contributed by atoms with Gasteiger partial charge in [-0.05, 0) is 57.2 Å². The minimum Gasteiger partial charge on any atom is -0.489 e. The largest absolute Gasteiger partial charge is 0.489 e. The lowest BCUT2D eigenvalue weighted by Gasteiger charge is -2.10. The molecule has 0 radical (unpaired) electrons. The number of ether oxygens (including phenoxy) is 1. The van der Waals surface area contributed by atoms with E-state index in [4.69, 9.17) is 16.3 Å². The van der Waals surface area contributed by atoms with Gasteiger partial charge in [0.15, 0.2) is 0 Å². The molecule has 0 aliphatic rings. The molecule has 2 rings (SSSR count). The molecular formula is C18H22ClNO. The van der Waals surface area contributed by atoms with E-state index in [9.17, 15) is 0 Å². The van der Waals surface area contributed by atoms with E-state index in [-0.39, 0.29) is 0 Å². The number of hydrogen-bond acceptors (Lipinski definition) is 2. The molecule has 0 aromatic heterocycles. The summed E-state index contributed by atoms with van der Waals surface area (Å²) in [5, 5.41) is 0.748. The molecule has 2 nitrogen and oxygen atoms in total. The zero-order valence-corrected chi connectivity index (χ0v) is 13.4. The molecule has 112 valence electrons. The van der Waals surface area contributed by atoms with Crippen molar-refractivity contribution in [2.45, 2.75) is 19.4 Å². The maximum atomic E-state index is 6.11. The average Bonchev–Trinajstić information content (AvgIpc) is 2.47. The van der Waals surface area contributed by atoms with Crippen LogP contribution in [0.3, 0.4) is 0 Å². The van der Waals surface area contributed by atoms with Crippen LogP contribution in [0.1, 0.15) is 17.5 Å². The van der Waals surface area contributed by atoms with Crippen molar-refractivity contribution in [3.8, 4) is 5.75 Å². The van der Waals surface area contributed by atoms with Crippen LogP contribution in [0, 0.1) is 0 Å². The Kier molecular flexibility index (Phi) is 6.09. The summed E-state index contributed by atoms with van der Waals surface area (Å²) < 4.78 is 5.78. The SMILES string of the molecule is CN(C)CCCc1ccc(OCc2ccccc2Cl)cc1. The number of benzene rings is 2. The second-order valence-electron chi connectivity index (χ2n) is 5.43. The standard InChI is InChI=1S/C18H22ClNO/c1-20(2)13-5-6-15-9-11-17(12-10-15)21-14-16-7-3-4-8-18(16)19/h3-4,7-12H,5-6,13-14H2,1-2H3. The molecule has 2 aromatic rings. The Hall–Kier alpha value is -1.51. The fourth-order valence-corrected chi connectivity index (χ4v) is 2.32. The predicted molar refractivity (Wildman–Crippen MR) is 89.1 cm³/mol. The Balaban J connectivity index is 1.84. The van der Waals surface area contributed by atoms with Crippen LogP contribution in [0.2, 0.25) is 5.02 Å². The molecule has 0 heterocycles. The first-order valence-electron chi connectivity index (χ1n) is 7.25. The highest BCUT2D eigenvalue weighted by molar-refractivity contribution is 6.31. The molecule has 0 amide bonds. The quantitative estimate of drug-likeness (QED) is 0.751. The smallest absolute Gasteiger partial charge is 0.119 e. The first-order valence-corrected chi connectivity index (χ1v) is 7.63. The van der Waals surface area contributed by atoms with Crippen molar-refractivity contribution in [3.63, 3.8) is 0 Å². The number of nitrogens with zero attached hydrogens (tertiary/aromatic N) is 1. The molecular weight excluding hydrogens is 282 g/mol. The predicted octanol–water partition coefficient (Wildman–Crippen LogP) is 4.41. The van der Waals surface area contributed by atoms with Crippen molar-refractivity contribution in [2.75, 3.05) is 20.6 Å². The van der Waals surface area contributed by atoms with E-state index in [2.05, 4.69) is 31.1 Å². The number of hydrogen-bond donors (Lipinski definition) is 0. The van der Waals surface area contributed by atoms with Gasteiger partial charge in [0.05, 0.1) is 0 Å². The van der Waals surface area contributed by atoms with Crippen LogP contribution in [0.5, 0.6) is 5.75 Å². The molecule has 0 saturated carbocycles. The topological polar surface area (TPSA) is 12.5 Å². The molecule has 0 unspecified atom stereocenters. The van der Waals surface area contributed by atoms with Crippen LogP contribution >= 0.6 is 11.6 Å². The highest BCUT2D eigenvalue weighted by Crippen LogP contribution is 2.19. The summed E-state index contributed by atoms with van der Waals surface area (Å²) in [6.07, 6.45) is 2.27. The van der Waals surface area contributed by atoms with Crippen LogP contribution in [-0.2, 0) is 13.0 Å². The molecule has 0 N–H and O–H groups in total. The fraction of sp³-hybridized carbons (Fsp3) is 0.333. The normalized spacial score (nSPS) is 10.9. The van der Waals surface area contributed by atoms with E-state index in [1.807, 2.05) is 36.4 Å². The molecule has 2 aromatic carbocycles. The van der Waals surface area contributed by atoms with Crippen molar-refractivity contribution in [3.05, 3.63) is 64.7 Å². The van der Waals surface area contributed by atoms with Crippen LogP contribution in [-0.4, -0.2) is 25.5 Å². The van der Waals surface area contributed by atoms with Gasteiger partial charge in [-0.2, -0.15) is 0 Å². The summed E-state index contributed by atoms with van der Waals surface area (Å²) in [7, 11) is 4.21. The lowest BCUT2D eigenvalue weighted by Crippen LogP contribution is -2.13. The van der Waals surface area contributed by atoms with Gasteiger partial charge in [0.1, 0.15) is 12.4 Å². The van der Waals surface area contributed by atoms with Gasteiger partial charge in [-0.3, -0.25) is 0 Å². The van der Waals surface area contributed by atoms with Crippen molar-refractivity contribution >= 4 is 11.6 Å². The maximum Gasteiger partial charge on any atom is 0.119 e. The molecule has 0 fully saturated rings. The van der Waals surface area contributed by atoms with Crippen LogP contribution in [0.25, 0.3) is 0 Å². The van der Waals surface area contributed by atoms with Gasteiger partial charge in [-0.15, -0.1) is 0 Å². The number of halogens is 1. The zero-order valence-electron chi connectivity index (χ0n) is 12.7. The maximum absolute atomic E-state index is 6.11. The summed E-state index contributed by atoms with van der Waals surface area (Å²) in [5.41, 5.74) is 2.36. The monoisotopic (exact) mass is 303 g/mol. The van der Waals surface area contributed by atoms with Crippen molar-refractivity contribution in [1.82, 2.24) is 4.90 Å². The summed E-state index contributed by atoms with van der Waals surface area (Å²) in [6.45, 7) is 1.62. The Morgan fingerprint density at radius 3 is 2.38 bits per heavy atom. The third kappa shape index (κ3) is 5.41. The number of aryl methyl sites for hydroxylation is 1. The minimum atomic E-state index is 0.500. The molecule has 0 spiro atoms. The van der Waals surface area contributed by atoms with Gasteiger partial charge < -0.3 is 9.64 Å². The van der Waals surface area contributed by atoms with Gasteiger partial charge in [-0.25, -0.2) is 0 Å². The minimum absolute atomic E-state index is 0.500. The van der Waals surface area contributed by atoms with Gasteiger partial charge in [0, 0.05) is 10.6 Å². The highest BCUT2D eigenvalue weighted by Gasteiger charge is 2.01. The Morgan fingerprint density at radius 1 is 1.00 bits per heavy atom. The van der Waals surface area contributed by atoms with Gasteiger partial charge in [0.25, 0.3) is 0 Å². The van der Waals surface area contributed by atoms with Crippen molar-refractivity contribution in [1.29, 1.82) is 0 Å². The first-order chi connectivity index (χ1) is 10.1. The summed E-state index contributed by atoms with van der Waals surface area (Å²) in [5.74, 6) is 0.881. The summed E-state index contributed by atoms with van der Waals surface area (Å²) >= 11 is 6.11. The average molecular weight is 304 g/mol. The molecule has 0 saturated heterocycles. The van der Waals surface area contributed by atoms with E-state index >= 15 is 0 Å². The van der Waals surface area contributed by atoms with Gasteiger partial charge >= 0.3 is 0 Å². The Labute approximate surface area is 132 Å². The highest BCUT2D eigenvalue weighted by atomic mass is 35.5. The summed E-state index contributed by atoms with van der Waals surface area (Å²) in [4.78, 5) is 2.21. The van der Waals surface area contributed by atoms with E-state index in [0.29, 0.717) is 6.61 Å². The van der Waals surface area contributed by atoms with Crippen molar-refractivity contribution in [2.24, 2.45) is 0 Å².